The highest BCUT2D eigenvalue weighted by Crippen LogP contribution is 2.38. The van der Waals surface area contributed by atoms with Crippen molar-refractivity contribution in [1.29, 1.82) is 0 Å². The molecule has 6 nitrogen and oxygen atoms in total. The topological polar surface area (TPSA) is 51.2 Å². The van der Waals surface area contributed by atoms with Crippen LogP contribution < -0.4 is 23.3 Å². The molecule has 1 N–H and O–H groups in total. The number of H-pyrrole nitrogens is 1. The third-order valence-corrected chi connectivity index (χ3v) is 6.12. The fourth-order valence-electron chi connectivity index (χ4n) is 3.22. The second-order valence-corrected chi connectivity index (χ2v) is 8.18. The summed E-state index contributed by atoms with van der Waals surface area (Å²) in [4.78, 5) is 3.26. The summed E-state index contributed by atoms with van der Waals surface area (Å²) in [5, 5.41) is 1.20. The molecule has 0 bridgehead atoms. The predicted octanol–water partition coefficient (Wildman–Crippen LogP) is 3.90. The Morgan fingerprint density at radius 1 is 0.903 bits per heavy atom. The zero-order chi connectivity index (χ0) is 22.1. The molecule has 0 aliphatic carbocycles. The third-order valence-electron chi connectivity index (χ3n) is 4.95. The van der Waals surface area contributed by atoms with Crippen molar-refractivity contribution in [3.05, 3.63) is 60.2 Å². The molecule has 1 aromatic carbocycles. The number of methoxy groups -OCH3 is 3. The molecular formula is C24H31N3O3S+2. The maximum Gasteiger partial charge on any atom is 0.315 e. The lowest BCUT2D eigenvalue weighted by Gasteiger charge is -2.12. The molecule has 0 radical (unpaired) electrons. The van der Waals surface area contributed by atoms with Crippen molar-refractivity contribution >= 4 is 23.9 Å². The van der Waals surface area contributed by atoms with Gasteiger partial charge in [0.25, 0.3) is 0 Å². The van der Waals surface area contributed by atoms with Crippen LogP contribution in [0.1, 0.15) is 24.0 Å². The number of aryl methyl sites for hydroxylation is 2. The maximum absolute atomic E-state index is 5.42. The molecule has 3 rings (SSSR count). The molecule has 0 spiro atoms. The molecule has 31 heavy (non-hydrogen) atoms. The molecule has 0 saturated heterocycles. The first-order valence-corrected chi connectivity index (χ1v) is 11.3. The molecule has 2 heterocycles. The Morgan fingerprint density at radius 2 is 1.58 bits per heavy atom. The van der Waals surface area contributed by atoms with Gasteiger partial charge in [-0.1, -0.05) is 12.2 Å². The fraction of sp³-hybridized carbons (Fsp3) is 0.333. The molecule has 0 aliphatic rings. The van der Waals surface area contributed by atoms with E-state index in [4.69, 9.17) is 14.2 Å². The highest BCUT2D eigenvalue weighted by molar-refractivity contribution is 7.99. The van der Waals surface area contributed by atoms with E-state index in [1.807, 2.05) is 42.4 Å². The lowest BCUT2D eigenvalue weighted by molar-refractivity contribution is -0.708. The molecule has 0 unspecified atom stereocenters. The van der Waals surface area contributed by atoms with Crippen LogP contribution in [0.5, 0.6) is 17.2 Å². The number of imidazole rings is 1. The van der Waals surface area contributed by atoms with Crippen molar-refractivity contribution in [2.75, 3.05) is 27.1 Å². The SMILES string of the molecule is COc1cc(/C=C/c2cc[n+](CCCCSc3[nH]cc[n+]3C)cc2)cc(OC)c1OC. The van der Waals surface area contributed by atoms with E-state index in [1.165, 1.54) is 11.6 Å². The molecule has 3 aromatic rings. The van der Waals surface area contributed by atoms with E-state index < -0.39 is 0 Å². The van der Waals surface area contributed by atoms with E-state index >= 15 is 0 Å². The molecule has 0 saturated carbocycles. The number of rotatable bonds is 11. The van der Waals surface area contributed by atoms with Crippen LogP contribution in [0.3, 0.4) is 0 Å². The van der Waals surface area contributed by atoms with E-state index in [2.05, 4.69) is 51.8 Å². The standard InChI is InChI=1S/C24H30N3O3S/c1-26-15-11-25-24(26)31-16-6-5-12-27-13-9-19(10-14-27)7-8-20-17-21(28-2)23(30-4)22(18-20)29-3/h7-11,13-15,17-18H,5-6,12,16H2,1-4H3/q+1/p+1/b8-7+. The molecule has 0 amide bonds. The number of nitrogens with one attached hydrogen (secondary N) is 1. The van der Waals surface area contributed by atoms with Crippen molar-refractivity contribution in [2.45, 2.75) is 24.5 Å². The number of nitrogens with zero attached hydrogens (tertiary/aromatic N) is 2. The van der Waals surface area contributed by atoms with E-state index in [9.17, 15) is 0 Å². The number of pyridine rings is 1. The van der Waals surface area contributed by atoms with Gasteiger partial charge >= 0.3 is 5.16 Å². The summed E-state index contributed by atoms with van der Waals surface area (Å²) in [5.41, 5.74) is 2.12. The van der Waals surface area contributed by atoms with Crippen LogP contribution in [0.25, 0.3) is 12.2 Å². The minimum absolute atomic E-state index is 0.600. The molecule has 7 heteroatoms. The zero-order valence-electron chi connectivity index (χ0n) is 18.6. The number of ether oxygens (including phenoxy) is 3. The fourth-order valence-corrected chi connectivity index (χ4v) is 4.18. The highest BCUT2D eigenvalue weighted by Gasteiger charge is 2.12. The first-order valence-electron chi connectivity index (χ1n) is 10.3. The molecule has 0 aliphatic heterocycles. The second kappa shape index (κ2) is 11.5. The maximum atomic E-state index is 5.42. The van der Waals surface area contributed by atoms with Crippen molar-refractivity contribution in [1.82, 2.24) is 4.98 Å². The Balaban J connectivity index is 1.52. The summed E-state index contributed by atoms with van der Waals surface area (Å²) >= 11 is 1.87. The van der Waals surface area contributed by atoms with E-state index in [0.29, 0.717) is 17.2 Å². The van der Waals surface area contributed by atoms with Gasteiger partial charge in [0.1, 0.15) is 18.9 Å². The largest absolute Gasteiger partial charge is 0.493 e. The molecular weight excluding hydrogens is 410 g/mol. The van der Waals surface area contributed by atoms with Gasteiger partial charge in [-0.15, -0.1) is 0 Å². The third kappa shape index (κ3) is 6.28. The molecule has 0 atom stereocenters. The highest BCUT2D eigenvalue weighted by atomic mass is 32.2. The van der Waals surface area contributed by atoms with Crippen molar-refractivity contribution < 1.29 is 23.3 Å². The lowest BCUT2D eigenvalue weighted by Crippen LogP contribution is -2.32. The van der Waals surface area contributed by atoms with Crippen molar-refractivity contribution in [2.24, 2.45) is 7.05 Å². The first kappa shape index (κ1) is 22.7. The Morgan fingerprint density at radius 3 is 2.16 bits per heavy atom. The summed E-state index contributed by atoms with van der Waals surface area (Å²) < 4.78 is 20.6. The molecule has 2 aromatic heterocycles. The first-order chi connectivity index (χ1) is 15.1. The number of thioether (sulfide) groups is 1. The van der Waals surface area contributed by atoms with Crippen LogP contribution in [0, 0.1) is 0 Å². The van der Waals surface area contributed by atoms with Gasteiger partial charge in [-0.2, -0.15) is 0 Å². The Hall–Kier alpha value is -2.93. The van der Waals surface area contributed by atoms with Gasteiger partial charge in [0.2, 0.25) is 5.75 Å². The van der Waals surface area contributed by atoms with Gasteiger partial charge in [0, 0.05) is 24.3 Å². The lowest BCUT2D eigenvalue weighted by atomic mass is 10.1. The Kier molecular flexibility index (Phi) is 8.41. The van der Waals surface area contributed by atoms with Crippen LogP contribution >= 0.6 is 11.8 Å². The summed E-state index contributed by atoms with van der Waals surface area (Å²) in [5.74, 6) is 3.01. The summed E-state index contributed by atoms with van der Waals surface area (Å²) in [6, 6.07) is 8.13. The van der Waals surface area contributed by atoms with Gasteiger partial charge in [-0.3, -0.25) is 0 Å². The average Bonchev–Trinajstić information content (AvgIpc) is 3.21. The normalized spacial score (nSPS) is 11.1. The minimum Gasteiger partial charge on any atom is -0.493 e. The number of hydrogen-bond acceptors (Lipinski definition) is 4. The number of hydrogen-bond donors (Lipinski definition) is 1. The quantitative estimate of drug-likeness (QED) is 0.279. The number of benzene rings is 1. The van der Waals surface area contributed by atoms with Crippen LogP contribution in [-0.4, -0.2) is 32.1 Å². The smallest absolute Gasteiger partial charge is 0.315 e. The van der Waals surface area contributed by atoms with Gasteiger partial charge in [0.05, 0.1) is 28.4 Å². The second-order valence-electron chi connectivity index (χ2n) is 7.09. The van der Waals surface area contributed by atoms with E-state index in [1.54, 1.807) is 21.3 Å². The van der Waals surface area contributed by atoms with Crippen LogP contribution in [-0.2, 0) is 13.6 Å². The van der Waals surface area contributed by atoms with Gasteiger partial charge < -0.3 is 14.2 Å². The van der Waals surface area contributed by atoms with Gasteiger partial charge in [0.15, 0.2) is 23.9 Å². The van der Waals surface area contributed by atoms with Gasteiger partial charge in [-0.05, 0) is 41.4 Å². The van der Waals surface area contributed by atoms with E-state index in [0.717, 1.165) is 29.8 Å². The van der Waals surface area contributed by atoms with Crippen LogP contribution in [0.15, 0.2) is 54.2 Å². The predicted molar refractivity (Wildman–Crippen MR) is 124 cm³/mol. The van der Waals surface area contributed by atoms with Crippen molar-refractivity contribution in [3.63, 3.8) is 0 Å². The summed E-state index contributed by atoms with van der Waals surface area (Å²) in [6.07, 6.45) is 14.7. The summed E-state index contributed by atoms with van der Waals surface area (Å²) in [6.45, 7) is 1.02. The number of aromatic amines is 1. The van der Waals surface area contributed by atoms with Crippen LogP contribution in [0.4, 0.5) is 0 Å². The average molecular weight is 442 g/mol. The van der Waals surface area contributed by atoms with Crippen LogP contribution in [0.2, 0.25) is 0 Å². The van der Waals surface area contributed by atoms with Gasteiger partial charge in [-0.25, -0.2) is 14.1 Å². The summed E-state index contributed by atoms with van der Waals surface area (Å²) in [7, 11) is 6.92. The van der Waals surface area contributed by atoms with Crippen molar-refractivity contribution in [3.8, 4) is 17.2 Å². The molecule has 0 fully saturated rings. The Bertz CT molecular complexity index is 975. The number of aromatic nitrogens is 3. The minimum atomic E-state index is 0.600. The Labute approximate surface area is 188 Å². The monoisotopic (exact) mass is 441 g/mol. The van der Waals surface area contributed by atoms with E-state index in [-0.39, 0.29) is 0 Å². The number of unbranched alkanes of at least 4 members (excludes halogenated alkanes) is 1. The zero-order valence-corrected chi connectivity index (χ0v) is 19.4. The molecule has 164 valence electrons.